The molecule has 0 aromatic carbocycles. The van der Waals surface area contributed by atoms with Gasteiger partial charge in [-0.25, -0.2) is 4.98 Å². The Labute approximate surface area is 106 Å². The number of piperidine rings is 1. The topological polar surface area (TPSA) is 59.2 Å². The molecule has 1 amide bonds. The summed E-state index contributed by atoms with van der Waals surface area (Å²) >= 11 is 1.49. The largest absolute Gasteiger partial charge is 0.335 e. The van der Waals surface area contributed by atoms with Gasteiger partial charge < -0.3 is 10.6 Å². The minimum Gasteiger partial charge on any atom is -0.335 e. The van der Waals surface area contributed by atoms with Gasteiger partial charge in [0.1, 0.15) is 4.88 Å². The summed E-state index contributed by atoms with van der Waals surface area (Å²) in [5, 5.41) is 0.951. The van der Waals surface area contributed by atoms with E-state index in [2.05, 4.69) is 11.9 Å². The van der Waals surface area contributed by atoms with E-state index >= 15 is 0 Å². The summed E-state index contributed by atoms with van der Waals surface area (Å²) < 4.78 is 0. The SMILES string of the molecule is Cc1nc(C)c(C(=O)N2CCC(N)CC2C)s1. The van der Waals surface area contributed by atoms with E-state index in [-0.39, 0.29) is 18.0 Å². The summed E-state index contributed by atoms with van der Waals surface area (Å²) in [7, 11) is 0. The number of hydrogen-bond acceptors (Lipinski definition) is 4. The van der Waals surface area contributed by atoms with Gasteiger partial charge in [0.25, 0.3) is 5.91 Å². The Bertz CT molecular complexity index is 429. The molecule has 94 valence electrons. The summed E-state index contributed by atoms with van der Waals surface area (Å²) in [5.74, 6) is 0.118. The number of amides is 1. The summed E-state index contributed by atoms with van der Waals surface area (Å²) in [6, 6.07) is 0.464. The van der Waals surface area contributed by atoms with Crippen LogP contribution in [0.1, 0.15) is 40.1 Å². The fourth-order valence-corrected chi connectivity index (χ4v) is 3.25. The van der Waals surface area contributed by atoms with Crippen molar-refractivity contribution in [1.82, 2.24) is 9.88 Å². The average molecular weight is 253 g/mol. The van der Waals surface area contributed by atoms with E-state index in [0.717, 1.165) is 35.0 Å². The first-order valence-electron chi connectivity index (χ1n) is 5.99. The van der Waals surface area contributed by atoms with E-state index in [9.17, 15) is 4.79 Å². The van der Waals surface area contributed by atoms with Crippen LogP contribution in [0.4, 0.5) is 0 Å². The first-order chi connectivity index (χ1) is 7.99. The van der Waals surface area contributed by atoms with E-state index in [1.807, 2.05) is 18.7 Å². The van der Waals surface area contributed by atoms with Crippen molar-refractivity contribution >= 4 is 17.2 Å². The van der Waals surface area contributed by atoms with Gasteiger partial charge in [-0.05, 0) is 33.6 Å². The van der Waals surface area contributed by atoms with Gasteiger partial charge in [0, 0.05) is 18.6 Å². The quantitative estimate of drug-likeness (QED) is 0.829. The van der Waals surface area contributed by atoms with Crippen molar-refractivity contribution in [3.05, 3.63) is 15.6 Å². The van der Waals surface area contributed by atoms with Gasteiger partial charge in [0.15, 0.2) is 0 Å². The molecular weight excluding hydrogens is 234 g/mol. The number of hydrogen-bond donors (Lipinski definition) is 1. The van der Waals surface area contributed by atoms with Gasteiger partial charge in [-0.1, -0.05) is 0 Å². The molecule has 1 aliphatic rings. The highest BCUT2D eigenvalue weighted by Crippen LogP contribution is 2.23. The Hall–Kier alpha value is -0.940. The highest BCUT2D eigenvalue weighted by atomic mass is 32.1. The Morgan fingerprint density at radius 3 is 2.76 bits per heavy atom. The molecule has 0 aliphatic carbocycles. The van der Waals surface area contributed by atoms with Crippen molar-refractivity contribution in [3.8, 4) is 0 Å². The molecule has 0 bridgehead atoms. The fraction of sp³-hybridized carbons (Fsp3) is 0.667. The number of nitrogens with two attached hydrogens (primary N) is 1. The molecule has 1 aromatic rings. The number of carbonyl (C=O) groups excluding carboxylic acids is 1. The molecule has 2 atom stereocenters. The van der Waals surface area contributed by atoms with Crippen LogP contribution in [0.25, 0.3) is 0 Å². The summed E-state index contributed by atoms with van der Waals surface area (Å²) in [6.07, 6.45) is 1.79. The van der Waals surface area contributed by atoms with Crippen molar-refractivity contribution in [1.29, 1.82) is 0 Å². The minimum atomic E-state index is 0.118. The summed E-state index contributed by atoms with van der Waals surface area (Å²) in [6.45, 7) is 6.67. The molecule has 1 aromatic heterocycles. The number of aryl methyl sites for hydroxylation is 2. The monoisotopic (exact) mass is 253 g/mol. The smallest absolute Gasteiger partial charge is 0.266 e. The van der Waals surface area contributed by atoms with Crippen LogP contribution >= 0.6 is 11.3 Å². The van der Waals surface area contributed by atoms with Gasteiger partial charge in [-0.15, -0.1) is 11.3 Å². The molecule has 0 saturated carbocycles. The lowest BCUT2D eigenvalue weighted by Gasteiger charge is -2.36. The zero-order valence-corrected chi connectivity index (χ0v) is 11.4. The molecular formula is C12H19N3OS. The molecule has 2 unspecified atom stereocenters. The van der Waals surface area contributed by atoms with Gasteiger partial charge in [0.2, 0.25) is 0 Å². The molecule has 0 radical (unpaired) electrons. The van der Waals surface area contributed by atoms with E-state index in [1.165, 1.54) is 11.3 Å². The lowest BCUT2D eigenvalue weighted by atomic mass is 9.99. The lowest BCUT2D eigenvalue weighted by molar-refractivity contribution is 0.0623. The van der Waals surface area contributed by atoms with Crippen LogP contribution in [0.2, 0.25) is 0 Å². The Morgan fingerprint density at radius 2 is 2.24 bits per heavy atom. The first-order valence-corrected chi connectivity index (χ1v) is 6.81. The van der Waals surface area contributed by atoms with Crippen LogP contribution in [0.5, 0.6) is 0 Å². The highest BCUT2D eigenvalue weighted by molar-refractivity contribution is 7.13. The molecule has 17 heavy (non-hydrogen) atoms. The van der Waals surface area contributed by atoms with Crippen LogP contribution < -0.4 is 5.73 Å². The fourth-order valence-electron chi connectivity index (χ4n) is 2.37. The number of aromatic nitrogens is 1. The van der Waals surface area contributed by atoms with Crippen LogP contribution in [0.15, 0.2) is 0 Å². The van der Waals surface area contributed by atoms with Crippen LogP contribution in [-0.4, -0.2) is 34.4 Å². The van der Waals surface area contributed by atoms with Crippen LogP contribution in [0.3, 0.4) is 0 Å². The summed E-state index contributed by atoms with van der Waals surface area (Å²) in [4.78, 5) is 19.4. The Balaban J connectivity index is 2.17. The molecule has 4 nitrogen and oxygen atoms in total. The Morgan fingerprint density at radius 1 is 1.53 bits per heavy atom. The predicted octanol–water partition coefficient (Wildman–Crippen LogP) is 1.71. The number of thiazole rings is 1. The normalized spacial score (nSPS) is 25.1. The van der Waals surface area contributed by atoms with Gasteiger partial charge in [-0.3, -0.25) is 4.79 Å². The molecule has 2 N–H and O–H groups in total. The third-order valence-electron chi connectivity index (χ3n) is 3.28. The van der Waals surface area contributed by atoms with Crippen molar-refractivity contribution in [3.63, 3.8) is 0 Å². The highest BCUT2D eigenvalue weighted by Gasteiger charge is 2.29. The standard InChI is InChI=1S/C12H19N3OS/c1-7-6-10(13)4-5-15(7)12(16)11-8(2)14-9(3)17-11/h7,10H,4-6,13H2,1-3H3. The molecule has 1 aliphatic heterocycles. The predicted molar refractivity (Wildman–Crippen MR) is 69.3 cm³/mol. The zero-order chi connectivity index (χ0) is 12.6. The second-order valence-corrected chi connectivity index (χ2v) is 5.98. The van der Waals surface area contributed by atoms with Crippen molar-refractivity contribution < 1.29 is 4.79 Å². The van der Waals surface area contributed by atoms with Crippen molar-refractivity contribution in [2.75, 3.05) is 6.54 Å². The van der Waals surface area contributed by atoms with E-state index in [0.29, 0.717) is 0 Å². The van der Waals surface area contributed by atoms with Gasteiger partial charge >= 0.3 is 0 Å². The van der Waals surface area contributed by atoms with E-state index in [1.54, 1.807) is 0 Å². The maximum absolute atomic E-state index is 12.4. The van der Waals surface area contributed by atoms with Gasteiger partial charge in [-0.2, -0.15) is 0 Å². The number of carbonyl (C=O) groups is 1. The molecule has 2 rings (SSSR count). The average Bonchev–Trinajstić information content (AvgIpc) is 2.57. The maximum Gasteiger partial charge on any atom is 0.266 e. The zero-order valence-electron chi connectivity index (χ0n) is 10.6. The third kappa shape index (κ3) is 2.50. The molecule has 0 spiro atoms. The minimum absolute atomic E-state index is 0.118. The van der Waals surface area contributed by atoms with Crippen molar-refractivity contribution in [2.45, 2.75) is 45.7 Å². The summed E-state index contributed by atoms with van der Waals surface area (Å²) in [5.41, 5.74) is 6.76. The lowest BCUT2D eigenvalue weighted by Crippen LogP contribution is -2.48. The molecule has 2 heterocycles. The number of nitrogens with zero attached hydrogens (tertiary/aromatic N) is 2. The number of likely N-dealkylation sites (tertiary alicyclic amines) is 1. The van der Waals surface area contributed by atoms with E-state index < -0.39 is 0 Å². The van der Waals surface area contributed by atoms with Crippen molar-refractivity contribution in [2.24, 2.45) is 5.73 Å². The van der Waals surface area contributed by atoms with Crippen LogP contribution in [-0.2, 0) is 0 Å². The Kier molecular flexibility index (Phi) is 3.49. The first kappa shape index (κ1) is 12.5. The maximum atomic E-state index is 12.4. The van der Waals surface area contributed by atoms with Gasteiger partial charge in [0.05, 0.1) is 10.7 Å². The molecule has 1 saturated heterocycles. The molecule has 5 heteroatoms. The second-order valence-electron chi connectivity index (χ2n) is 4.78. The second kappa shape index (κ2) is 4.74. The number of rotatable bonds is 1. The molecule has 1 fully saturated rings. The van der Waals surface area contributed by atoms with Crippen LogP contribution in [0, 0.1) is 13.8 Å². The third-order valence-corrected chi connectivity index (χ3v) is 4.34. The van der Waals surface area contributed by atoms with E-state index in [4.69, 9.17) is 5.73 Å².